The van der Waals surface area contributed by atoms with E-state index in [1.165, 1.54) is 0 Å². The van der Waals surface area contributed by atoms with Gasteiger partial charge in [-0.1, -0.05) is 13.8 Å². The fourth-order valence-electron chi connectivity index (χ4n) is 1.68. The Labute approximate surface area is 126 Å². The van der Waals surface area contributed by atoms with Crippen molar-refractivity contribution in [2.24, 2.45) is 0 Å². The van der Waals surface area contributed by atoms with Crippen LogP contribution in [-0.2, 0) is 0 Å². The van der Waals surface area contributed by atoms with Gasteiger partial charge in [0.1, 0.15) is 6.61 Å². The van der Waals surface area contributed by atoms with Crippen LogP contribution in [0.15, 0.2) is 12.4 Å². The summed E-state index contributed by atoms with van der Waals surface area (Å²) in [4.78, 5) is 6.44. The summed E-state index contributed by atoms with van der Waals surface area (Å²) in [6.45, 7) is 9.56. The molecule has 0 unspecified atom stereocenters. The third-order valence-electron chi connectivity index (χ3n) is 2.62. The largest absolute Gasteiger partial charge is 0.485 e. The highest BCUT2D eigenvalue weighted by molar-refractivity contribution is 5.58. The van der Waals surface area contributed by atoms with Gasteiger partial charge in [-0.3, -0.25) is 0 Å². The molecule has 0 amide bonds. The van der Waals surface area contributed by atoms with Gasteiger partial charge in [0.2, 0.25) is 0 Å². The van der Waals surface area contributed by atoms with E-state index in [2.05, 4.69) is 10.1 Å². The van der Waals surface area contributed by atoms with Crippen LogP contribution >= 0.6 is 0 Å². The van der Waals surface area contributed by atoms with Gasteiger partial charge < -0.3 is 14.7 Å². The molecule has 0 aromatic carbocycles. The topological polar surface area (TPSA) is 62.9 Å². The molecule has 0 fully saturated rings. The van der Waals surface area contributed by atoms with Crippen LogP contribution < -0.4 is 9.64 Å². The first-order valence-corrected chi connectivity index (χ1v) is 7.15. The van der Waals surface area contributed by atoms with Crippen molar-refractivity contribution in [3.05, 3.63) is 18.0 Å². The van der Waals surface area contributed by atoms with E-state index >= 15 is 0 Å². The van der Waals surface area contributed by atoms with Gasteiger partial charge in [-0.2, -0.15) is 5.10 Å². The van der Waals surface area contributed by atoms with E-state index in [1.807, 2.05) is 39.8 Å². The SMILES string of the molecule is CC.Cc1cnn2cc(OCC(C)(C)O)c(N(C)C)nc12. The van der Waals surface area contributed by atoms with Gasteiger partial charge >= 0.3 is 0 Å². The van der Waals surface area contributed by atoms with Crippen molar-refractivity contribution in [1.29, 1.82) is 0 Å². The van der Waals surface area contributed by atoms with Gasteiger partial charge in [-0.05, 0) is 20.8 Å². The zero-order valence-electron chi connectivity index (χ0n) is 14.0. The molecule has 0 aliphatic carbocycles. The molecule has 1 N–H and O–H groups in total. The van der Waals surface area contributed by atoms with Gasteiger partial charge in [0.05, 0.1) is 18.0 Å². The van der Waals surface area contributed by atoms with Crippen molar-refractivity contribution in [3.63, 3.8) is 0 Å². The third kappa shape index (κ3) is 4.32. The zero-order valence-corrected chi connectivity index (χ0v) is 14.0. The summed E-state index contributed by atoms with van der Waals surface area (Å²) in [6, 6.07) is 0. The highest BCUT2D eigenvalue weighted by atomic mass is 16.5. The summed E-state index contributed by atoms with van der Waals surface area (Å²) in [5, 5.41) is 14.0. The number of rotatable bonds is 4. The quantitative estimate of drug-likeness (QED) is 0.937. The van der Waals surface area contributed by atoms with Crippen molar-refractivity contribution in [2.45, 2.75) is 40.2 Å². The maximum absolute atomic E-state index is 9.74. The molecule has 21 heavy (non-hydrogen) atoms. The fraction of sp³-hybridized carbons (Fsp3) is 0.600. The second-order valence-corrected chi connectivity index (χ2v) is 5.52. The minimum Gasteiger partial charge on any atom is -0.485 e. The van der Waals surface area contributed by atoms with E-state index in [0.717, 1.165) is 17.0 Å². The average molecular weight is 294 g/mol. The lowest BCUT2D eigenvalue weighted by Gasteiger charge is -2.21. The molecule has 2 heterocycles. The summed E-state index contributed by atoms with van der Waals surface area (Å²) >= 11 is 0. The Kier molecular flexibility index (Phi) is 5.54. The van der Waals surface area contributed by atoms with E-state index in [-0.39, 0.29) is 6.61 Å². The smallest absolute Gasteiger partial charge is 0.180 e. The molecule has 0 radical (unpaired) electrons. The molecule has 0 saturated carbocycles. The van der Waals surface area contributed by atoms with Crippen LogP contribution in [0.1, 0.15) is 33.3 Å². The molecular weight excluding hydrogens is 268 g/mol. The average Bonchev–Trinajstić information content (AvgIpc) is 2.78. The van der Waals surface area contributed by atoms with Crippen LogP contribution in [0.5, 0.6) is 5.75 Å². The Balaban J connectivity index is 0.00000106. The predicted molar refractivity (Wildman–Crippen MR) is 85.2 cm³/mol. The molecule has 118 valence electrons. The first-order chi connectivity index (χ1) is 9.78. The van der Waals surface area contributed by atoms with Gasteiger partial charge in [-0.25, -0.2) is 9.50 Å². The van der Waals surface area contributed by atoms with Crippen LogP contribution in [0, 0.1) is 6.92 Å². The van der Waals surface area contributed by atoms with Crippen molar-refractivity contribution in [1.82, 2.24) is 14.6 Å². The fourth-order valence-corrected chi connectivity index (χ4v) is 1.68. The first kappa shape index (κ1) is 17.2. The van der Waals surface area contributed by atoms with Crippen LogP contribution in [-0.4, -0.2) is 46.0 Å². The number of anilines is 1. The molecule has 6 nitrogen and oxygen atoms in total. The number of hydrogen-bond donors (Lipinski definition) is 1. The molecule has 0 aliphatic rings. The van der Waals surface area contributed by atoms with Crippen LogP contribution in [0.25, 0.3) is 5.65 Å². The molecule has 0 saturated heterocycles. The van der Waals surface area contributed by atoms with Crippen molar-refractivity contribution >= 4 is 11.5 Å². The summed E-state index contributed by atoms with van der Waals surface area (Å²) in [7, 11) is 3.81. The lowest BCUT2D eigenvalue weighted by Crippen LogP contribution is -2.28. The van der Waals surface area contributed by atoms with Gasteiger partial charge in [0.25, 0.3) is 0 Å². The minimum absolute atomic E-state index is 0.196. The van der Waals surface area contributed by atoms with Crippen molar-refractivity contribution in [3.8, 4) is 5.75 Å². The van der Waals surface area contributed by atoms with E-state index in [4.69, 9.17) is 4.74 Å². The van der Waals surface area contributed by atoms with Crippen LogP contribution in [0.3, 0.4) is 0 Å². The maximum atomic E-state index is 9.74. The number of hydrogen-bond acceptors (Lipinski definition) is 5. The second kappa shape index (κ2) is 6.76. The third-order valence-corrected chi connectivity index (χ3v) is 2.62. The number of ether oxygens (including phenoxy) is 1. The van der Waals surface area contributed by atoms with Crippen LogP contribution in [0.4, 0.5) is 5.82 Å². The van der Waals surface area contributed by atoms with Gasteiger partial charge in [0.15, 0.2) is 17.2 Å². The van der Waals surface area contributed by atoms with Crippen molar-refractivity contribution < 1.29 is 9.84 Å². The highest BCUT2D eigenvalue weighted by Crippen LogP contribution is 2.26. The Morgan fingerprint density at radius 3 is 2.48 bits per heavy atom. The van der Waals surface area contributed by atoms with Gasteiger partial charge in [0, 0.05) is 19.7 Å². The van der Waals surface area contributed by atoms with Gasteiger partial charge in [-0.15, -0.1) is 0 Å². The lowest BCUT2D eigenvalue weighted by molar-refractivity contribution is 0.0284. The molecule has 0 atom stereocenters. The Morgan fingerprint density at radius 1 is 1.33 bits per heavy atom. The summed E-state index contributed by atoms with van der Waals surface area (Å²) in [6.07, 6.45) is 3.55. The summed E-state index contributed by atoms with van der Waals surface area (Å²) < 4.78 is 7.35. The van der Waals surface area contributed by atoms with E-state index in [0.29, 0.717) is 5.75 Å². The molecule has 0 bridgehead atoms. The monoisotopic (exact) mass is 294 g/mol. The number of aliphatic hydroxyl groups is 1. The minimum atomic E-state index is -0.890. The normalized spacial score (nSPS) is 11.0. The predicted octanol–water partition coefficient (Wildman–Crippen LogP) is 2.28. The molecule has 2 aromatic heterocycles. The second-order valence-electron chi connectivity index (χ2n) is 5.52. The molecule has 0 spiro atoms. The Morgan fingerprint density at radius 2 is 1.95 bits per heavy atom. The first-order valence-electron chi connectivity index (χ1n) is 7.15. The standard InChI is InChI=1S/C13H20N4O2.C2H6/c1-9-6-14-17-7-10(19-8-13(2,3)18)12(16(4)5)15-11(9)17;1-2/h6-7,18H,8H2,1-5H3;1-2H3. The number of aromatic nitrogens is 3. The number of nitrogens with zero attached hydrogens (tertiary/aromatic N) is 4. The molecular formula is C15H26N4O2. The highest BCUT2D eigenvalue weighted by Gasteiger charge is 2.17. The summed E-state index contributed by atoms with van der Waals surface area (Å²) in [5.74, 6) is 1.32. The number of fused-ring (bicyclic) bond motifs is 1. The van der Waals surface area contributed by atoms with Crippen molar-refractivity contribution in [2.75, 3.05) is 25.6 Å². The maximum Gasteiger partial charge on any atom is 0.180 e. The zero-order chi connectivity index (χ0) is 16.2. The van der Waals surface area contributed by atoms with E-state index < -0.39 is 5.60 Å². The molecule has 2 aromatic rings. The Hall–Kier alpha value is -1.82. The molecule has 2 rings (SSSR count). The molecule has 0 aliphatic heterocycles. The molecule has 6 heteroatoms. The Bertz CT molecular complexity index is 585. The number of aryl methyl sites for hydroxylation is 1. The summed E-state index contributed by atoms with van der Waals surface area (Å²) in [5.41, 5.74) is 0.926. The van der Waals surface area contributed by atoms with Crippen LogP contribution in [0.2, 0.25) is 0 Å². The van der Waals surface area contributed by atoms with E-state index in [9.17, 15) is 5.11 Å². The van der Waals surface area contributed by atoms with E-state index in [1.54, 1.807) is 30.8 Å². The lowest BCUT2D eigenvalue weighted by atomic mass is 10.2.